The van der Waals surface area contributed by atoms with Gasteiger partial charge >= 0.3 is 6.18 Å². The average molecular weight is 389 g/mol. The minimum Gasteiger partial charge on any atom is -0.481 e. The van der Waals surface area contributed by atoms with Crippen molar-refractivity contribution in [3.63, 3.8) is 0 Å². The van der Waals surface area contributed by atoms with Crippen LogP contribution < -0.4 is 15.4 Å². The summed E-state index contributed by atoms with van der Waals surface area (Å²) in [6.45, 7) is 0.781. The van der Waals surface area contributed by atoms with E-state index in [1.54, 1.807) is 12.1 Å². The lowest BCUT2D eigenvalue weighted by molar-refractivity contribution is -0.153. The topological polar surface area (TPSA) is 68.3 Å². The van der Waals surface area contributed by atoms with Crippen LogP contribution >= 0.6 is 11.6 Å². The predicted molar refractivity (Wildman–Crippen MR) is 89.9 cm³/mol. The van der Waals surface area contributed by atoms with Crippen molar-refractivity contribution in [1.29, 1.82) is 0 Å². The van der Waals surface area contributed by atoms with Gasteiger partial charge in [0.15, 0.2) is 12.4 Å². The number of benzene rings is 1. The maximum absolute atomic E-state index is 12.1. The van der Waals surface area contributed by atoms with Gasteiger partial charge in [0, 0.05) is 13.1 Å². The van der Waals surface area contributed by atoms with Crippen LogP contribution in [0.25, 0.3) is 0 Å². The SMILES string of the molecule is FC(F)(F)COc1cnc(Nc2ccc([C@@H]3CNCCO3)cc2Cl)nc1. The maximum atomic E-state index is 12.1. The number of hydrogen-bond acceptors (Lipinski definition) is 6. The molecule has 0 aliphatic carbocycles. The second-order valence-electron chi connectivity index (χ2n) is 5.57. The van der Waals surface area contributed by atoms with E-state index in [-0.39, 0.29) is 17.8 Å². The second kappa shape index (κ2) is 8.07. The monoisotopic (exact) mass is 388 g/mol. The minimum atomic E-state index is -4.41. The van der Waals surface area contributed by atoms with E-state index in [1.165, 1.54) is 0 Å². The Balaban J connectivity index is 1.63. The van der Waals surface area contributed by atoms with E-state index >= 15 is 0 Å². The van der Waals surface area contributed by atoms with Gasteiger partial charge in [-0.05, 0) is 17.7 Å². The highest BCUT2D eigenvalue weighted by Crippen LogP contribution is 2.29. The molecule has 6 nitrogen and oxygen atoms in total. The first-order valence-corrected chi connectivity index (χ1v) is 8.19. The molecule has 26 heavy (non-hydrogen) atoms. The number of rotatable bonds is 5. The normalized spacial score (nSPS) is 17.8. The van der Waals surface area contributed by atoms with Crippen molar-refractivity contribution in [3.05, 3.63) is 41.2 Å². The first-order valence-electron chi connectivity index (χ1n) is 7.81. The van der Waals surface area contributed by atoms with Gasteiger partial charge in [0.2, 0.25) is 5.95 Å². The van der Waals surface area contributed by atoms with Crippen LogP contribution in [0.5, 0.6) is 5.75 Å². The fourth-order valence-corrected chi connectivity index (χ4v) is 2.59. The molecule has 3 rings (SSSR count). The van der Waals surface area contributed by atoms with E-state index in [0.29, 0.717) is 23.9 Å². The van der Waals surface area contributed by atoms with Gasteiger partial charge in [-0.25, -0.2) is 9.97 Å². The summed E-state index contributed by atoms with van der Waals surface area (Å²) in [4.78, 5) is 7.84. The van der Waals surface area contributed by atoms with Crippen LogP contribution in [-0.2, 0) is 4.74 Å². The Bertz CT molecular complexity index is 737. The number of halogens is 4. The van der Waals surface area contributed by atoms with E-state index < -0.39 is 12.8 Å². The van der Waals surface area contributed by atoms with Gasteiger partial charge in [-0.3, -0.25) is 0 Å². The molecule has 0 amide bonds. The number of aromatic nitrogens is 2. The van der Waals surface area contributed by atoms with Gasteiger partial charge in [-0.2, -0.15) is 13.2 Å². The number of alkyl halides is 3. The fourth-order valence-electron chi connectivity index (χ4n) is 2.35. The Morgan fingerprint density at radius 2 is 2.08 bits per heavy atom. The first kappa shape index (κ1) is 18.7. The van der Waals surface area contributed by atoms with Crippen molar-refractivity contribution >= 4 is 23.2 Å². The Morgan fingerprint density at radius 1 is 1.31 bits per heavy atom. The molecule has 10 heteroatoms. The molecular weight excluding hydrogens is 373 g/mol. The van der Waals surface area contributed by atoms with Crippen molar-refractivity contribution in [1.82, 2.24) is 15.3 Å². The highest BCUT2D eigenvalue weighted by molar-refractivity contribution is 6.33. The summed E-state index contributed by atoms with van der Waals surface area (Å²) in [5.74, 6) is 0.117. The Labute approximate surface area is 152 Å². The molecule has 1 aliphatic rings. The van der Waals surface area contributed by atoms with Crippen LogP contribution in [0.15, 0.2) is 30.6 Å². The third kappa shape index (κ3) is 5.20. The highest BCUT2D eigenvalue weighted by Gasteiger charge is 2.28. The van der Waals surface area contributed by atoms with Crippen molar-refractivity contribution in [2.45, 2.75) is 12.3 Å². The second-order valence-corrected chi connectivity index (χ2v) is 5.98. The third-order valence-corrected chi connectivity index (χ3v) is 3.88. The first-order chi connectivity index (χ1) is 12.4. The van der Waals surface area contributed by atoms with Gasteiger partial charge in [0.05, 0.1) is 35.8 Å². The van der Waals surface area contributed by atoms with Gasteiger partial charge in [0.1, 0.15) is 0 Å². The highest BCUT2D eigenvalue weighted by atomic mass is 35.5. The molecule has 2 N–H and O–H groups in total. The molecule has 1 fully saturated rings. The average Bonchev–Trinajstić information content (AvgIpc) is 2.63. The molecule has 140 valence electrons. The molecule has 0 radical (unpaired) electrons. The fraction of sp³-hybridized carbons (Fsp3) is 0.375. The lowest BCUT2D eigenvalue weighted by Gasteiger charge is -2.24. The van der Waals surface area contributed by atoms with Gasteiger partial charge in [-0.1, -0.05) is 17.7 Å². The molecule has 1 aromatic carbocycles. The smallest absolute Gasteiger partial charge is 0.422 e. The molecule has 0 bridgehead atoms. The molecule has 2 heterocycles. The van der Waals surface area contributed by atoms with E-state index in [4.69, 9.17) is 16.3 Å². The lowest BCUT2D eigenvalue weighted by atomic mass is 10.1. The number of morpholine rings is 1. The van der Waals surface area contributed by atoms with Crippen LogP contribution in [0, 0.1) is 0 Å². The zero-order valence-corrected chi connectivity index (χ0v) is 14.3. The number of ether oxygens (including phenoxy) is 2. The molecule has 0 saturated carbocycles. The third-order valence-electron chi connectivity index (χ3n) is 3.57. The summed E-state index contributed by atoms with van der Waals surface area (Å²) in [6, 6.07) is 5.45. The van der Waals surface area contributed by atoms with Crippen molar-refractivity contribution < 1.29 is 22.6 Å². The Kier molecular flexibility index (Phi) is 5.80. The van der Waals surface area contributed by atoms with Crippen molar-refractivity contribution in [3.8, 4) is 5.75 Å². The molecular formula is C16H16ClF3N4O2. The largest absolute Gasteiger partial charge is 0.481 e. The summed E-state index contributed by atoms with van der Waals surface area (Å²) in [7, 11) is 0. The van der Waals surface area contributed by atoms with E-state index in [0.717, 1.165) is 24.5 Å². The van der Waals surface area contributed by atoms with Crippen LogP contribution in [0.2, 0.25) is 5.02 Å². The molecule has 1 aliphatic heterocycles. The minimum absolute atomic E-state index is 0.0587. The molecule has 1 aromatic heterocycles. The Morgan fingerprint density at radius 3 is 2.69 bits per heavy atom. The number of nitrogens with zero attached hydrogens (tertiary/aromatic N) is 2. The van der Waals surface area contributed by atoms with Crippen LogP contribution in [-0.4, -0.2) is 42.4 Å². The number of hydrogen-bond donors (Lipinski definition) is 2. The summed E-state index contributed by atoms with van der Waals surface area (Å²) in [6.07, 6.45) is -2.16. The zero-order valence-electron chi connectivity index (χ0n) is 13.5. The van der Waals surface area contributed by atoms with E-state index in [2.05, 4.69) is 25.3 Å². The van der Waals surface area contributed by atoms with E-state index in [1.807, 2.05) is 6.07 Å². The maximum Gasteiger partial charge on any atom is 0.422 e. The quantitative estimate of drug-likeness (QED) is 0.817. The summed E-state index contributed by atoms with van der Waals surface area (Å²) < 4.78 is 46.6. The van der Waals surface area contributed by atoms with Crippen LogP contribution in [0.1, 0.15) is 11.7 Å². The molecule has 0 spiro atoms. The number of nitrogens with one attached hydrogen (secondary N) is 2. The predicted octanol–water partition coefficient (Wildman–Crippen LogP) is 3.48. The molecule has 2 aromatic rings. The van der Waals surface area contributed by atoms with Crippen LogP contribution in [0.3, 0.4) is 0 Å². The van der Waals surface area contributed by atoms with Gasteiger partial charge < -0.3 is 20.1 Å². The zero-order chi connectivity index (χ0) is 18.6. The van der Waals surface area contributed by atoms with Crippen molar-refractivity contribution in [2.24, 2.45) is 0 Å². The standard InChI is InChI=1S/C16H16ClF3N4O2/c17-12-5-10(14-8-21-3-4-25-14)1-2-13(12)24-15-22-6-11(7-23-15)26-9-16(18,19)20/h1-2,5-7,14,21H,3-4,8-9H2,(H,22,23,24)/t14-/m0/s1. The summed E-state index contributed by atoms with van der Waals surface area (Å²) in [5.41, 5.74) is 1.52. The number of anilines is 2. The summed E-state index contributed by atoms with van der Waals surface area (Å²) in [5, 5.41) is 6.62. The van der Waals surface area contributed by atoms with Crippen molar-refractivity contribution in [2.75, 3.05) is 31.6 Å². The lowest BCUT2D eigenvalue weighted by Crippen LogP contribution is -2.33. The molecule has 0 unspecified atom stereocenters. The van der Waals surface area contributed by atoms with Gasteiger partial charge in [0.25, 0.3) is 0 Å². The molecule has 1 saturated heterocycles. The van der Waals surface area contributed by atoms with Crippen LogP contribution in [0.4, 0.5) is 24.8 Å². The Hall–Kier alpha value is -2.10. The van der Waals surface area contributed by atoms with E-state index in [9.17, 15) is 13.2 Å². The summed E-state index contributed by atoms with van der Waals surface area (Å²) >= 11 is 6.29. The molecule has 1 atom stereocenters. The van der Waals surface area contributed by atoms with Gasteiger partial charge in [-0.15, -0.1) is 0 Å².